The molecule has 136 valence electrons. The van der Waals surface area contributed by atoms with Crippen molar-refractivity contribution in [2.24, 2.45) is 4.99 Å². The van der Waals surface area contributed by atoms with E-state index in [-0.39, 0.29) is 0 Å². The van der Waals surface area contributed by atoms with Crippen molar-refractivity contribution in [2.75, 3.05) is 33.9 Å². The summed E-state index contributed by atoms with van der Waals surface area (Å²) in [4.78, 5) is 4.22. The number of aliphatic imine (C=N–C) groups is 1. The first kappa shape index (κ1) is 18.6. The van der Waals surface area contributed by atoms with Crippen LogP contribution in [-0.2, 0) is 6.54 Å². The summed E-state index contributed by atoms with van der Waals surface area (Å²) in [6.45, 7) is 3.17. The average molecular weight is 345 g/mol. The molecule has 25 heavy (non-hydrogen) atoms. The Hall–Kier alpha value is -2.70. The van der Waals surface area contributed by atoms with Crippen LogP contribution in [-0.4, -0.2) is 49.6 Å². The van der Waals surface area contributed by atoms with Crippen molar-refractivity contribution in [3.63, 3.8) is 0 Å². The molecule has 1 aromatic carbocycles. The molecule has 1 heterocycles. The molecule has 0 atom stereocenters. The zero-order chi connectivity index (χ0) is 17.7. The summed E-state index contributed by atoms with van der Waals surface area (Å²) in [5, 5.41) is 10.8. The van der Waals surface area contributed by atoms with Crippen molar-refractivity contribution < 1.29 is 9.47 Å². The topological polar surface area (TPSA) is 72.7 Å². The van der Waals surface area contributed by atoms with Crippen LogP contribution < -0.4 is 20.1 Å². The molecule has 0 aliphatic heterocycles. The number of methoxy groups -OCH3 is 1. The molecule has 0 saturated carbocycles. The number of guanidine groups is 1. The molecular formula is C18H27N5O2. The van der Waals surface area contributed by atoms with Gasteiger partial charge in [0.15, 0.2) is 5.96 Å². The molecule has 7 nitrogen and oxygen atoms in total. The quantitative estimate of drug-likeness (QED) is 0.391. The summed E-state index contributed by atoms with van der Waals surface area (Å²) in [7, 11) is 3.42. The van der Waals surface area contributed by atoms with E-state index in [4.69, 9.17) is 9.47 Å². The van der Waals surface area contributed by atoms with Gasteiger partial charge in [0.1, 0.15) is 11.5 Å². The molecule has 0 aliphatic carbocycles. The minimum atomic E-state index is 0.635. The van der Waals surface area contributed by atoms with Crippen LogP contribution in [0.2, 0.25) is 0 Å². The highest BCUT2D eigenvalue weighted by Gasteiger charge is 1.99. The number of nitrogens with one attached hydrogen (secondary N) is 2. The Morgan fingerprint density at radius 2 is 1.96 bits per heavy atom. The fourth-order valence-electron chi connectivity index (χ4n) is 2.26. The number of hydrogen-bond donors (Lipinski definition) is 2. The van der Waals surface area contributed by atoms with Gasteiger partial charge in [-0.25, -0.2) is 0 Å². The maximum Gasteiger partial charge on any atom is 0.190 e. The van der Waals surface area contributed by atoms with Gasteiger partial charge in [0, 0.05) is 45.1 Å². The first-order chi connectivity index (χ1) is 12.3. The normalized spacial score (nSPS) is 11.2. The van der Waals surface area contributed by atoms with E-state index in [2.05, 4.69) is 20.7 Å². The predicted octanol–water partition coefficient (Wildman–Crippen LogP) is 1.92. The molecule has 0 spiro atoms. The minimum absolute atomic E-state index is 0.635. The van der Waals surface area contributed by atoms with Crippen LogP contribution in [0.25, 0.3) is 0 Å². The maximum atomic E-state index is 5.71. The number of rotatable bonds is 10. The molecular weight excluding hydrogens is 318 g/mol. The Bertz CT molecular complexity index is 628. The zero-order valence-corrected chi connectivity index (χ0v) is 14.9. The Kier molecular flexibility index (Phi) is 8.17. The molecule has 0 bridgehead atoms. The van der Waals surface area contributed by atoms with Gasteiger partial charge in [0.2, 0.25) is 0 Å². The van der Waals surface area contributed by atoms with E-state index in [9.17, 15) is 0 Å². The van der Waals surface area contributed by atoms with Crippen molar-refractivity contribution in [2.45, 2.75) is 19.4 Å². The number of benzene rings is 1. The highest BCUT2D eigenvalue weighted by molar-refractivity contribution is 5.79. The van der Waals surface area contributed by atoms with Gasteiger partial charge < -0.3 is 20.1 Å². The summed E-state index contributed by atoms with van der Waals surface area (Å²) in [5.74, 6) is 2.43. The van der Waals surface area contributed by atoms with E-state index in [1.54, 1.807) is 20.4 Å². The Balaban J connectivity index is 1.54. The number of nitrogens with zero attached hydrogens (tertiary/aromatic N) is 3. The summed E-state index contributed by atoms with van der Waals surface area (Å²) in [6.07, 6.45) is 5.63. The Morgan fingerprint density at radius 1 is 1.16 bits per heavy atom. The van der Waals surface area contributed by atoms with Crippen molar-refractivity contribution >= 4 is 5.96 Å². The second kappa shape index (κ2) is 11.0. The van der Waals surface area contributed by atoms with Gasteiger partial charge in [-0.1, -0.05) is 6.07 Å². The van der Waals surface area contributed by atoms with Crippen molar-refractivity contribution in [3.05, 3.63) is 42.7 Å². The lowest BCUT2D eigenvalue weighted by Gasteiger charge is -2.12. The lowest BCUT2D eigenvalue weighted by Crippen LogP contribution is -2.38. The molecule has 2 rings (SSSR count). The minimum Gasteiger partial charge on any atom is -0.497 e. The van der Waals surface area contributed by atoms with Gasteiger partial charge in [-0.3, -0.25) is 9.67 Å². The van der Waals surface area contributed by atoms with E-state index < -0.39 is 0 Å². The van der Waals surface area contributed by atoms with Crippen molar-refractivity contribution in [3.8, 4) is 11.5 Å². The second-order valence-electron chi connectivity index (χ2n) is 5.43. The molecule has 7 heteroatoms. The highest BCUT2D eigenvalue weighted by Crippen LogP contribution is 2.18. The third kappa shape index (κ3) is 7.15. The van der Waals surface area contributed by atoms with Crippen LogP contribution in [0.5, 0.6) is 11.5 Å². The largest absolute Gasteiger partial charge is 0.497 e. The molecule has 2 aromatic rings. The molecule has 2 N–H and O–H groups in total. The summed E-state index contributed by atoms with van der Waals surface area (Å²) < 4.78 is 12.8. The first-order valence-corrected chi connectivity index (χ1v) is 8.50. The third-order valence-electron chi connectivity index (χ3n) is 3.56. The van der Waals surface area contributed by atoms with Crippen LogP contribution in [0.4, 0.5) is 0 Å². The van der Waals surface area contributed by atoms with E-state index in [0.717, 1.165) is 49.9 Å². The molecule has 0 radical (unpaired) electrons. The molecule has 0 fully saturated rings. The first-order valence-electron chi connectivity index (χ1n) is 8.50. The molecule has 0 aliphatic rings. The second-order valence-corrected chi connectivity index (χ2v) is 5.43. The van der Waals surface area contributed by atoms with Crippen molar-refractivity contribution in [1.29, 1.82) is 0 Å². The summed E-state index contributed by atoms with van der Waals surface area (Å²) in [5.41, 5.74) is 0. The average Bonchev–Trinajstić information content (AvgIpc) is 3.17. The van der Waals surface area contributed by atoms with Gasteiger partial charge in [-0.2, -0.15) is 5.10 Å². The van der Waals surface area contributed by atoms with E-state index in [1.807, 2.05) is 41.2 Å². The van der Waals surface area contributed by atoms with E-state index in [1.165, 1.54) is 0 Å². The predicted molar refractivity (Wildman–Crippen MR) is 99.3 cm³/mol. The van der Waals surface area contributed by atoms with Crippen LogP contribution in [0.1, 0.15) is 12.8 Å². The van der Waals surface area contributed by atoms with E-state index in [0.29, 0.717) is 6.61 Å². The SMILES string of the molecule is CN=C(NCCCOc1cccc(OC)c1)NCCCn1cccn1. The smallest absolute Gasteiger partial charge is 0.190 e. The lowest BCUT2D eigenvalue weighted by molar-refractivity contribution is 0.308. The molecule has 0 amide bonds. The zero-order valence-electron chi connectivity index (χ0n) is 14.9. The lowest BCUT2D eigenvalue weighted by atomic mass is 10.3. The Morgan fingerprint density at radius 3 is 2.68 bits per heavy atom. The summed E-state index contributed by atoms with van der Waals surface area (Å²) in [6, 6.07) is 9.56. The van der Waals surface area contributed by atoms with Gasteiger partial charge in [-0.05, 0) is 31.0 Å². The maximum absolute atomic E-state index is 5.71. The third-order valence-corrected chi connectivity index (χ3v) is 3.56. The van der Waals surface area contributed by atoms with Gasteiger partial charge in [0.25, 0.3) is 0 Å². The number of aryl methyl sites for hydroxylation is 1. The van der Waals surface area contributed by atoms with E-state index >= 15 is 0 Å². The van der Waals surface area contributed by atoms with Crippen LogP contribution in [0, 0.1) is 0 Å². The number of hydrogen-bond acceptors (Lipinski definition) is 4. The Labute approximate surface area is 149 Å². The molecule has 1 aromatic heterocycles. The van der Waals surface area contributed by atoms with Crippen LogP contribution in [0.15, 0.2) is 47.7 Å². The molecule has 0 saturated heterocycles. The van der Waals surface area contributed by atoms with Crippen LogP contribution >= 0.6 is 0 Å². The highest BCUT2D eigenvalue weighted by atomic mass is 16.5. The van der Waals surface area contributed by atoms with Gasteiger partial charge in [0.05, 0.1) is 13.7 Å². The number of aromatic nitrogens is 2. The van der Waals surface area contributed by atoms with Crippen molar-refractivity contribution in [1.82, 2.24) is 20.4 Å². The fraction of sp³-hybridized carbons (Fsp3) is 0.444. The van der Waals surface area contributed by atoms with Gasteiger partial charge in [-0.15, -0.1) is 0 Å². The molecule has 0 unspecified atom stereocenters. The monoisotopic (exact) mass is 345 g/mol. The standard InChI is InChI=1S/C18H27N5O2/c1-19-18(20-9-4-12-23-13-5-11-22-23)21-10-6-14-25-17-8-3-7-16(15-17)24-2/h3,5,7-8,11,13,15H,4,6,9-10,12,14H2,1-2H3,(H2,19,20,21). The van der Waals surface area contributed by atoms with Gasteiger partial charge >= 0.3 is 0 Å². The fourth-order valence-corrected chi connectivity index (χ4v) is 2.26. The summed E-state index contributed by atoms with van der Waals surface area (Å²) >= 11 is 0. The number of ether oxygens (including phenoxy) is 2. The van der Waals surface area contributed by atoms with Crippen LogP contribution in [0.3, 0.4) is 0 Å².